The third-order valence-corrected chi connectivity index (χ3v) is 4.51. The van der Waals surface area contributed by atoms with Gasteiger partial charge in [0.15, 0.2) is 17.3 Å². The molecule has 130 valence electrons. The number of benzene rings is 1. The molecule has 1 aliphatic rings. The van der Waals surface area contributed by atoms with Crippen LogP contribution in [0.2, 0.25) is 0 Å². The van der Waals surface area contributed by atoms with E-state index >= 15 is 0 Å². The molecule has 3 heterocycles. The van der Waals surface area contributed by atoms with Crippen molar-refractivity contribution in [3.05, 3.63) is 42.0 Å². The van der Waals surface area contributed by atoms with Crippen molar-refractivity contribution in [3.63, 3.8) is 0 Å². The van der Waals surface area contributed by atoms with Gasteiger partial charge < -0.3 is 14.3 Å². The van der Waals surface area contributed by atoms with E-state index in [1.807, 2.05) is 24.3 Å². The third-order valence-electron chi connectivity index (χ3n) is 4.51. The Labute approximate surface area is 145 Å². The number of fused-ring (bicyclic) bond motifs is 1. The molecule has 1 fully saturated rings. The Morgan fingerprint density at radius 2 is 2.12 bits per heavy atom. The van der Waals surface area contributed by atoms with Gasteiger partial charge in [-0.25, -0.2) is 4.98 Å². The second-order valence-corrected chi connectivity index (χ2v) is 6.44. The van der Waals surface area contributed by atoms with Gasteiger partial charge in [-0.15, -0.1) is 0 Å². The summed E-state index contributed by atoms with van der Waals surface area (Å²) < 4.78 is 10.8. The van der Waals surface area contributed by atoms with Crippen LogP contribution in [0.5, 0.6) is 0 Å². The van der Waals surface area contributed by atoms with Crippen molar-refractivity contribution in [2.24, 2.45) is 0 Å². The van der Waals surface area contributed by atoms with Gasteiger partial charge in [-0.1, -0.05) is 17.3 Å². The van der Waals surface area contributed by atoms with E-state index in [1.54, 1.807) is 13.0 Å². The van der Waals surface area contributed by atoms with Crippen LogP contribution in [0.3, 0.4) is 0 Å². The predicted octanol–water partition coefficient (Wildman–Crippen LogP) is 2.94. The highest BCUT2D eigenvalue weighted by Gasteiger charge is 2.25. The molecule has 2 aromatic heterocycles. The van der Waals surface area contributed by atoms with Crippen molar-refractivity contribution in [2.75, 3.05) is 25.0 Å². The van der Waals surface area contributed by atoms with Crippen LogP contribution in [0.1, 0.15) is 30.4 Å². The number of anilines is 1. The lowest BCUT2D eigenvalue weighted by molar-refractivity contribution is -0.117. The number of amides is 1. The van der Waals surface area contributed by atoms with Gasteiger partial charge in [0.25, 0.3) is 0 Å². The zero-order chi connectivity index (χ0) is 17.2. The molecule has 0 saturated carbocycles. The number of likely N-dealkylation sites (tertiary alicyclic amines) is 1. The minimum atomic E-state index is -0.0754. The minimum absolute atomic E-state index is 0.0754. The zero-order valence-corrected chi connectivity index (χ0v) is 14.1. The Bertz CT molecular complexity index is 844. The molecule has 7 heteroatoms. The van der Waals surface area contributed by atoms with Crippen LogP contribution >= 0.6 is 0 Å². The van der Waals surface area contributed by atoms with E-state index in [2.05, 4.69) is 20.4 Å². The number of nitrogens with zero attached hydrogens (tertiary/aromatic N) is 3. The molecule has 1 aliphatic heterocycles. The van der Waals surface area contributed by atoms with Gasteiger partial charge in [0.2, 0.25) is 5.91 Å². The molecule has 4 rings (SSSR count). The maximum atomic E-state index is 12.1. The highest BCUT2D eigenvalue weighted by Crippen LogP contribution is 2.29. The standard InChI is InChI=1S/C18H20N4O3/c1-12-10-16(21-25-12)20-17(23)11-22-8-6-13(7-9-22)18-19-14-4-2-3-5-15(14)24-18/h2-5,10,13H,6-9,11H2,1H3,(H,20,21,23). The third kappa shape index (κ3) is 3.56. The summed E-state index contributed by atoms with van der Waals surface area (Å²) in [6, 6.07) is 9.53. The summed E-state index contributed by atoms with van der Waals surface area (Å²) in [5, 5.41) is 6.53. The Morgan fingerprint density at radius 3 is 2.84 bits per heavy atom. The maximum Gasteiger partial charge on any atom is 0.239 e. The van der Waals surface area contributed by atoms with Crippen molar-refractivity contribution in [1.82, 2.24) is 15.0 Å². The van der Waals surface area contributed by atoms with Crippen LogP contribution in [0.25, 0.3) is 11.1 Å². The largest absolute Gasteiger partial charge is 0.440 e. The van der Waals surface area contributed by atoms with Gasteiger partial charge in [-0.3, -0.25) is 9.69 Å². The van der Waals surface area contributed by atoms with Crippen molar-refractivity contribution < 1.29 is 13.7 Å². The number of carbonyl (C=O) groups is 1. The van der Waals surface area contributed by atoms with E-state index < -0.39 is 0 Å². The van der Waals surface area contributed by atoms with Gasteiger partial charge >= 0.3 is 0 Å². The fourth-order valence-electron chi connectivity index (χ4n) is 3.21. The number of nitrogens with one attached hydrogen (secondary N) is 1. The first-order chi connectivity index (χ1) is 12.2. The topological polar surface area (TPSA) is 84.4 Å². The van der Waals surface area contributed by atoms with Crippen LogP contribution in [0, 0.1) is 6.92 Å². The smallest absolute Gasteiger partial charge is 0.239 e. The highest BCUT2D eigenvalue weighted by atomic mass is 16.5. The number of hydrogen-bond donors (Lipinski definition) is 1. The summed E-state index contributed by atoms with van der Waals surface area (Å²) in [6.45, 7) is 3.83. The van der Waals surface area contributed by atoms with E-state index in [0.717, 1.165) is 42.9 Å². The van der Waals surface area contributed by atoms with E-state index in [0.29, 0.717) is 24.0 Å². The molecule has 0 radical (unpaired) electrons. The molecule has 3 aromatic rings. The number of oxazole rings is 1. The summed E-state index contributed by atoms with van der Waals surface area (Å²) in [5.74, 6) is 2.18. The van der Waals surface area contributed by atoms with E-state index in [1.165, 1.54) is 0 Å². The average molecular weight is 340 g/mol. The molecule has 7 nitrogen and oxygen atoms in total. The summed E-state index contributed by atoms with van der Waals surface area (Å²) >= 11 is 0. The van der Waals surface area contributed by atoms with Crippen molar-refractivity contribution in [1.29, 1.82) is 0 Å². The number of aromatic nitrogens is 2. The summed E-state index contributed by atoms with van der Waals surface area (Å²) in [7, 11) is 0. The lowest BCUT2D eigenvalue weighted by Gasteiger charge is -2.29. The minimum Gasteiger partial charge on any atom is -0.440 e. The fourth-order valence-corrected chi connectivity index (χ4v) is 3.21. The maximum absolute atomic E-state index is 12.1. The van der Waals surface area contributed by atoms with Crippen LogP contribution < -0.4 is 5.32 Å². The van der Waals surface area contributed by atoms with E-state index in [-0.39, 0.29) is 5.91 Å². The molecule has 0 aliphatic carbocycles. The first-order valence-electron chi connectivity index (χ1n) is 8.48. The fraction of sp³-hybridized carbons (Fsp3) is 0.389. The van der Waals surface area contributed by atoms with Gasteiger partial charge in [0, 0.05) is 12.0 Å². The molecule has 1 amide bonds. The Morgan fingerprint density at radius 1 is 1.32 bits per heavy atom. The molecule has 1 aromatic carbocycles. The predicted molar refractivity (Wildman–Crippen MR) is 92.3 cm³/mol. The normalized spacial score (nSPS) is 16.4. The molecule has 0 bridgehead atoms. The number of hydrogen-bond acceptors (Lipinski definition) is 6. The molecule has 1 N–H and O–H groups in total. The van der Waals surface area contributed by atoms with Crippen LogP contribution in [-0.2, 0) is 4.79 Å². The Hall–Kier alpha value is -2.67. The Balaban J connectivity index is 1.31. The SMILES string of the molecule is Cc1cc(NC(=O)CN2CCC(c3nc4ccccc4o3)CC2)no1. The number of carbonyl (C=O) groups excluding carboxylic acids is 1. The number of aryl methyl sites for hydroxylation is 1. The number of rotatable bonds is 4. The Kier molecular flexibility index (Phi) is 4.23. The molecule has 0 spiro atoms. The lowest BCUT2D eigenvalue weighted by Crippen LogP contribution is -2.38. The van der Waals surface area contributed by atoms with Gasteiger partial charge in [-0.2, -0.15) is 0 Å². The monoisotopic (exact) mass is 340 g/mol. The molecule has 25 heavy (non-hydrogen) atoms. The summed E-state index contributed by atoms with van der Waals surface area (Å²) in [5.41, 5.74) is 1.74. The lowest BCUT2D eigenvalue weighted by atomic mass is 9.97. The van der Waals surface area contributed by atoms with Crippen LogP contribution in [-0.4, -0.2) is 40.6 Å². The molecular formula is C18H20N4O3. The van der Waals surface area contributed by atoms with E-state index in [4.69, 9.17) is 8.94 Å². The van der Waals surface area contributed by atoms with Gasteiger partial charge in [0.05, 0.1) is 6.54 Å². The van der Waals surface area contributed by atoms with E-state index in [9.17, 15) is 4.79 Å². The summed E-state index contributed by atoms with van der Waals surface area (Å²) in [4.78, 5) is 18.8. The second-order valence-electron chi connectivity index (χ2n) is 6.44. The number of piperidine rings is 1. The molecule has 0 unspecified atom stereocenters. The summed E-state index contributed by atoms with van der Waals surface area (Å²) in [6.07, 6.45) is 1.87. The highest BCUT2D eigenvalue weighted by molar-refractivity contribution is 5.91. The number of para-hydroxylation sites is 2. The van der Waals surface area contributed by atoms with Crippen LogP contribution in [0.15, 0.2) is 39.3 Å². The molecular weight excluding hydrogens is 320 g/mol. The molecule has 1 saturated heterocycles. The van der Waals surface area contributed by atoms with Gasteiger partial charge in [-0.05, 0) is 45.0 Å². The van der Waals surface area contributed by atoms with Crippen molar-refractivity contribution in [3.8, 4) is 0 Å². The average Bonchev–Trinajstić information content (AvgIpc) is 3.21. The quantitative estimate of drug-likeness (QED) is 0.786. The van der Waals surface area contributed by atoms with Gasteiger partial charge in [0.1, 0.15) is 11.3 Å². The first kappa shape index (κ1) is 15.8. The molecule has 0 atom stereocenters. The first-order valence-corrected chi connectivity index (χ1v) is 8.48. The van der Waals surface area contributed by atoms with Crippen LogP contribution in [0.4, 0.5) is 5.82 Å². The second kappa shape index (κ2) is 6.68. The van der Waals surface area contributed by atoms with Crippen molar-refractivity contribution >= 4 is 22.8 Å². The van der Waals surface area contributed by atoms with Crippen molar-refractivity contribution in [2.45, 2.75) is 25.7 Å². The zero-order valence-electron chi connectivity index (χ0n) is 14.1.